The largest absolute Gasteiger partial charge is 0.423 e. The van der Waals surface area contributed by atoms with Crippen LogP contribution in [0.5, 0.6) is 0 Å². The Kier molecular flexibility index (Phi) is 5.93. The van der Waals surface area contributed by atoms with Crippen LogP contribution in [0.2, 0.25) is 0 Å². The lowest BCUT2D eigenvalue weighted by Crippen LogP contribution is -2.17. The third-order valence-electron chi connectivity index (χ3n) is 3.87. The van der Waals surface area contributed by atoms with Gasteiger partial charge >= 0.3 is 0 Å². The Hall–Kier alpha value is -1.68. The van der Waals surface area contributed by atoms with E-state index in [2.05, 4.69) is 41.5 Å². The zero-order chi connectivity index (χ0) is 15.1. The van der Waals surface area contributed by atoms with Crippen molar-refractivity contribution < 1.29 is 4.42 Å². The van der Waals surface area contributed by atoms with Crippen LogP contribution in [0.15, 0.2) is 34.7 Å². The van der Waals surface area contributed by atoms with Crippen molar-refractivity contribution in [1.29, 1.82) is 0 Å². The summed E-state index contributed by atoms with van der Waals surface area (Å²) in [5.41, 5.74) is 1.14. The van der Waals surface area contributed by atoms with E-state index in [-0.39, 0.29) is 6.04 Å². The van der Waals surface area contributed by atoms with Gasteiger partial charge < -0.3 is 9.73 Å². The Morgan fingerprint density at radius 2 is 1.81 bits per heavy atom. The highest BCUT2D eigenvalue weighted by Gasteiger charge is 2.22. The van der Waals surface area contributed by atoms with E-state index in [9.17, 15) is 0 Å². The first-order valence-electron chi connectivity index (χ1n) is 7.85. The number of benzene rings is 1. The molecule has 1 N–H and O–H groups in total. The lowest BCUT2D eigenvalue weighted by Gasteiger charge is -2.12. The first kappa shape index (κ1) is 15.7. The van der Waals surface area contributed by atoms with Gasteiger partial charge in [-0.25, -0.2) is 0 Å². The molecular weight excluding hydrogens is 262 g/mol. The van der Waals surface area contributed by atoms with Crippen molar-refractivity contribution >= 4 is 0 Å². The van der Waals surface area contributed by atoms with Gasteiger partial charge in [0, 0.05) is 5.92 Å². The van der Waals surface area contributed by atoms with Gasteiger partial charge in [0.2, 0.25) is 11.8 Å². The summed E-state index contributed by atoms with van der Waals surface area (Å²) in [5, 5.41) is 11.8. The van der Waals surface area contributed by atoms with Crippen LogP contribution >= 0.6 is 0 Å². The topological polar surface area (TPSA) is 51.0 Å². The molecule has 4 nitrogen and oxygen atoms in total. The molecule has 0 saturated carbocycles. The van der Waals surface area contributed by atoms with Crippen molar-refractivity contribution in [3.8, 4) is 0 Å². The Morgan fingerprint density at radius 3 is 2.43 bits per heavy atom. The molecule has 2 rings (SSSR count). The van der Waals surface area contributed by atoms with Gasteiger partial charge in [0.25, 0.3) is 0 Å². The molecule has 0 saturated heterocycles. The fourth-order valence-electron chi connectivity index (χ4n) is 2.56. The van der Waals surface area contributed by atoms with Gasteiger partial charge in [-0.3, -0.25) is 0 Å². The molecule has 2 unspecified atom stereocenters. The summed E-state index contributed by atoms with van der Waals surface area (Å²) in [4.78, 5) is 0. The predicted octanol–water partition coefficient (Wildman–Crippen LogP) is 4.06. The SMILES string of the molecule is CCCCC(CC)c1nnc(C(NC)c2ccccc2)o1. The summed E-state index contributed by atoms with van der Waals surface area (Å²) < 4.78 is 5.96. The van der Waals surface area contributed by atoms with Gasteiger partial charge in [0.1, 0.15) is 6.04 Å². The molecule has 0 aliphatic heterocycles. The molecule has 2 atom stereocenters. The third-order valence-corrected chi connectivity index (χ3v) is 3.87. The van der Waals surface area contributed by atoms with Gasteiger partial charge in [0.15, 0.2) is 0 Å². The highest BCUT2D eigenvalue weighted by molar-refractivity contribution is 5.23. The molecule has 0 fully saturated rings. The standard InChI is InChI=1S/C17H25N3O/c1-4-6-10-13(5-2)16-19-20-17(21-16)15(18-3)14-11-8-7-9-12-14/h7-9,11-13,15,18H,4-6,10H2,1-3H3. The van der Waals surface area contributed by atoms with E-state index >= 15 is 0 Å². The molecule has 21 heavy (non-hydrogen) atoms. The number of aromatic nitrogens is 2. The fraction of sp³-hybridized carbons (Fsp3) is 0.529. The maximum Gasteiger partial charge on any atom is 0.237 e. The van der Waals surface area contributed by atoms with Gasteiger partial charge in [0.05, 0.1) is 0 Å². The Labute approximate surface area is 127 Å². The van der Waals surface area contributed by atoms with Crippen molar-refractivity contribution in [2.24, 2.45) is 0 Å². The fourth-order valence-corrected chi connectivity index (χ4v) is 2.56. The number of hydrogen-bond donors (Lipinski definition) is 1. The van der Waals surface area contributed by atoms with E-state index in [1.807, 2.05) is 25.2 Å². The van der Waals surface area contributed by atoms with Crippen LogP contribution < -0.4 is 5.32 Å². The van der Waals surface area contributed by atoms with E-state index in [0.29, 0.717) is 11.8 Å². The van der Waals surface area contributed by atoms with Crippen molar-refractivity contribution in [2.75, 3.05) is 7.05 Å². The number of hydrogen-bond acceptors (Lipinski definition) is 4. The van der Waals surface area contributed by atoms with Crippen LogP contribution in [0.3, 0.4) is 0 Å². The second kappa shape index (κ2) is 7.93. The third kappa shape index (κ3) is 3.91. The maximum atomic E-state index is 5.96. The van der Waals surface area contributed by atoms with Crippen molar-refractivity contribution in [3.63, 3.8) is 0 Å². The number of nitrogens with zero attached hydrogens (tertiary/aromatic N) is 2. The highest BCUT2D eigenvalue weighted by atomic mass is 16.4. The van der Waals surface area contributed by atoms with Gasteiger partial charge in [-0.15, -0.1) is 10.2 Å². The monoisotopic (exact) mass is 287 g/mol. The molecule has 0 amide bonds. The lowest BCUT2D eigenvalue weighted by molar-refractivity contribution is 0.375. The molecule has 4 heteroatoms. The summed E-state index contributed by atoms with van der Waals surface area (Å²) in [5.74, 6) is 1.80. The predicted molar refractivity (Wildman–Crippen MR) is 84.2 cm³/mol. The minimum Gasteiger partial charge on any atom is -0.423 e. The van der Waals surface area contributed by atoms with Gasteiger partial charge in [-0.1, -0.05) is 57.0 Å². The molecule has 0 aliphatic rings. The molecule has 0 radical (unpaired) electrons. The number of nitrogens with one attached hydrogen (secondary N) is 1. The minimum atomic E-state index is -0.0452. The van der Waals surface area contributed by atoms with Crippen LogP contribution in [0.25, 0.3) is 0 Å². The minimum absolute atomic E-state index is 0.0452. The Morgan fingerprint density at radius 1 is 1.10 bits per heavy atom. The van der Waals surface area contributed by atoms with E-state index in [4.69, 9.17) is 4.42 Å². The van der Waals surface area contributed by atoms with Crippen LogP contribution in [-0.2, 0) is 0 Å². The van der Waals surface area contributed by atoms with E-state index < -0.39 is 0 Å². The van der Waals surface area contributed by atoms with Crippen LogP contribution in [-0.4, -0.2) is 17.2 Å². The average Bonchev–Trinajstić information content (AvgIpc) is 2.99. The van der Waals surface area contributed by atoms with E-state index in [1.165, 1.54) is 12.8 Å². The summed E-state index contributed by atoms with van der Waals surface area (Å²) in [7, 11) is 1.91. The molecular formula is C17H25N3O. The quantitative estimate of drug-likeness (QED) is 0.795. The van der Waals surface area contributed by atoms with Crippen molar-refractivity contribution in [3.05, 3.63) is 47.7 Å². The zero-order valence-corrected chi connectivity index (χ0v) is 13.2. The lowest BCUT2D eigenvalue weighted by atomic mass is 9.99. The van der Waals surface area contributed by atoms with E-state index in [1.54, 1.807) is 0 Å². The highest BCUT2D eigenvalue weighted by Crippen LogP contribution is 2.27. The van der Waals surface area contributed by atoms with Crippen LogP contribution in [0, 0.1) is 0 Å². The first-order valence-corrected chi connectivity index (χ1v) is 7.85. The first-order chi connectivity index (χ1) is 10.3. The molecule has 0 aliphatic carbocycles. The maximum absolute atomic E-state index is 5.96. The molecule has 1 aromatic carbocycles. The smallest absolute Gasteiger partial charge is 0.237 e. The average molecular weight is 287 g/mol. The summed E-state index contributed by atoms with van der Waals surface area (Å²) >= 11 is 0. The van der Waals surface area contributed by atoms with Crippen molar-refractivity contribution in [2.45, 2.75) is 51.5 Å². The Bertz CT molecular complexity index is 524. The molecule has 114 valence electrons. The van der Waals surface area contributed by atoms with E-state index in [0.717, 1.165) is 24.3 Å². The molecule has 1 aromatic heterocycles. The second-order valence-electron chi connectivity index (χ2n) is 5.36. The second-order valence-corrected chi connectivity index (χ2v) is 5.36. The summed E-state index contributed by atoms with van der Waals surface area (Å²) in [6.45, 7) is 4.38. The molecule has 1 heterocycles. The van der Waals surface area contributed by atoms with Crippen LogP contribution in [0.4, 0.5) is 0 Å². The molecule has 0 bridgehead atoms. The Balaban J connectivity index is 2.17. The number of unbranched alkanes of at least 4 members (excludes halogenated alkanes) is 1. The van der Waals surface area contributed by atoms with Crippen LogP contribution in [0.1, 0.15) is 68.8 Å². The molecule has 2 aromatic rings. The van der Waals surface area contributed by atoms with Crippen molar-refractivity contribution in [1.82, 2.24) is 15.5 Å². The normalized spacial score (nSPS) is 14.0. The zero-order valence-electron chi connectivity index (χ0n) is 13.2. The summed E-state index contributed by atoms with van der Waals surface area (Å²) in [6.07, 6.45) is 4.55. The molecule has 0 spiro atoms. The summed E-state index contributed by atoms with van der Waals surface area (Å²) in [6, 6.07) is 10.1. The van der Waals surface area contributed by atoms with Gasteiger partial charge in [-0.2, -0.15) is 0 Å². The van der Waals surface area contributed by atoms with Gasteiger partial charge in [-0.05, 0) is 25.5 Å². The number of rotatable bonds is 8.